The highest BCUT2D eigenvalue weighted by atomic mass is 35.5. The van der Waals surface area contributed by atoms with E-state index in [1.165, 1.54) is 5.56 Å². The number of nitrogens with zero attached hydrogens (tertiary/aromatic N) is 5. The molecular weight excluding hydrogens is 510 g/mol. The quantitative estimate of drug-likeness (QED) is 0.284. The lowest BCUT2D eigenvalue weighted by atomic mass is 10.1. The highest BCUT2D eigenvalue weighted by molar-refractivity contribution is 7.80. The Balaban J connectivity index is 1.29. The van der Waals surface area contributed by atoms with Gasteiger partial charge < -0.3 is 19.7 Å². The van der Waals surface area contributed by atoms with Crippen LogP contribution in [0.1, 0.15) is 17.0 Å². The van der Waals surface area contributed by atoms with Gasteiger partial charge in [0.2, 0.25) is 23.8 Å². The summed E-state index contributed by atoms with van der Waals surface area (Å²) in [6.07, 6.45) is 0. The molecule has 0 bridgehead atoms. The van der Waals surface area contributed by atoms with Crippen LogP contribution in [0.3, 0.4) is 0 Å². The van der Waals surface area contributed by atoms with Crippen molar-refractivity contribution in [3.05, 3.63) is 70.5 Å². The number of rotatable bonds is 4. The maximum Gasteiger partial charge on any atom is 0.231 e. The molecule has 0 unspecified atom stereocenters. The molecule has 1 saturated heterocycles. The molecule has 5 rings (SSSR count). The van der Waals surface area contributed by atoms with Crippen LogP contribution in [-0.4, -0.2) is 63.8 Å². The molecule has 3 heterocycles. The molecule has 2 aliphatic heterocycles. The molecular formula is C26H28ClN7O2S. The summed E-state index contributed by atoms with van der Waals surface area (Å²) in [6.45, 7) is 8.22. The Morgan fingerprint density at radius 2 is 1.70 bits per heavy atom. The van der Waals surface area contributed by atoms with Crippen molar-refractivity contribution in [2.24, 2.45) is 4.99 Å². The van der Waals surface area contributed by atoms with Crippen LogP contribution < -0.4 is 20.1 Å². The summed E-state index contributed by atoms with van der Waals surface area (Å²) in [5.41, 5.74) is 3.64. The average molecular weight is 538 g/mol. The van der Waals surface area contributed by atoms with E-state index >= 15 is 0 Å². The smallest absolute Gasteiger partial charge is 0.231 e. The van der Waals surface area contributed by atoms with Crippen LogP contribution in [-0.2, 0) is 6.54 Å². The van der Waals surface area contributed by atoms with Crippen LogP contribution in [0.5, 0.6) is 11.5 Å². The largest absolute Gasteiger partial charge is 0.454 e. The van der Waals surface area contributed by atoms with Crippen LogP contribution in [0.2, 0.25) is 5.02 Å². The van der Waals surface area contributed by atoms with Gasteiger partial charge >= 0.3 is 0 Å². The fourth-order valence-electron chi connectivity index (χ4n) is 4.28. The van der Waals surface area contributed by atoms with Gasteiger partial charge in [0.25, 0.3) is 0 Å². The zero-order valence-electron chi connectivity index (χ0n) is 20.7. The first-order valence-electron chi connectivity index (χ1n) is 12.0. The second-order valence-electron chi connectivity index (χ2n) is 8.90. The number of piperazine rings is 1. The number of anilines is 2. The SMILES string of the molecule is Cc1cc(C)nc(N/C(=N/C(=S)Nc2ccccc2Cl)N2CCN(Cc3ccc4c(c3)OCO4)CC2)n1. The third-order valence-electron chi connectivity index (χ3n) is 6.04. The lowest BCUT2D eigenvalue weighted by Crippen LogP contribution is -2.50. The molecule has 0 amide bonds. The number of aromatic nitrogens is 2. The Hall–Kier alpha value is -3.47. The van der Waals surface area contributed by atoms with Crippen LogP contribution in [0, 0.1) is 13.8 Å². The van der Waals surface area contributed by atoms with Gasteiger partial charge in [0.15, 0.2) is 11.5 Å². The van der Waals surface area contributed by atoms with Crippen molar-refractivity contribution in [3.63, 3.8) is 0 Å². The molecule has 2 aromatic carbocycles. The van der Waals surface area contributed by atoms with Crippen molar-refractivity contribution in [3.8, 4) is 11.5 Å². The van der Waals surface area contributed by atoms with E-state index in [9.17, 15) is 0 Å². The van der Waals surface area contributed by atoms with Gasteiger partial charge in [-0.15, -0.1) is 0 Å². The van der Waals surface area contributed by atoms with Crippen molar-refractivity contribution < 1.29 is 9.47 Å². The van der Waals surface area contributed by atoms with Crippen molar-refractivity contribution >= 4 is 46.5 Å². The van der Waals surface area contributed by atoms with Gasteiger partial charge in [-0.3, -0.25) is 10.2 Å². The number of thiocarbonyl (C=S) groups is 1. The second kappa shape index (κ2) is 11.3. The van der Waals surface area contributed by atoms with Gasteiger partial charge in [-0.05, 0) is 62.0 Å². The summed E-state index contributed by atoms with van der Waals surface area (Å²) >= 11 is 11.9. The molecule has 1 fully saturated rings. The van der Waals surface area contributed by atoms with Crippen LogP contribution in [0.25, 0.3) is 0 Å². The molecule has 2 aliphatic rings. The molecule has 0 atom stereocenters. The van der Waals surface area contributed by atoms with E-state index in [0.29, 0.717) is 27.7 Å². The molecule has 11 heteroatoms. The first-order chi connectivity index (χ1) is 17.9. The zero-order valence-corrected chi connectivity index (χ0v) is 22.3. The number of halogens is 1. The zero-order chi connectivity index (χ0) is 25.8. The molecule has 1 aromatic heterocycles. The van der Waals surface area contributed by atoms with Crippen LogP contribution in [0.15, 0.2) is 53.5 Å². The van der Waals surface area contributed by atoms with Gasteiger partial charge in [0.05, 0.1) is 10.7 Å². The number of para-hydroxylation sites is 1. The molecule has 2 N–H and O–H groups in total. The van der Waals surface area contributed by atoms with Gasteiger partial charge in [-0.25, -0.2) is 9.97 Å². The fraction of sp³-hybridized carbons (Fsp3) is 0.308. The predicted octanol–water partition coefficient (Wildman–Crippen LogP) is 4.46. The first kappa shape index (κ1) is 25.2. The van der Waals surface area contributed by atoms with Crippen LogP contribution in [0.4, 0.5) is 11.6 Å². The standard InChI is InChI=1S/C26H28ClN7O2S/c1-17-13-18(2)29-24(28-17)31-25(32-26(37)30-21-6-4-3-5-20(21)27)34-11-9-33(10-12-34)15-19-7-8-22-23(14-19)36-16-35-22/h3-8,13-14H,9-12,15-16H2,1-2H3,(H2,28,29,30,31,32,37). The highest BCUT2D eigenvalue weighted by Gasteiger charge is 2.22. The Labute approximate surface area is 226 Å². The first-order valence-corrected chi connectivity index (χ1v) is 12.8. The monoisotopic (exact) mass is 537 g/mol. The van der Waals surface area contributed by atoms with Crippen molar-refractivity contribution in [1.82, 2.24) is 19.8 Å². The molecule has 9 nitrogen and oxygen atoms in total. The third kappa shape index (κ3) is 6.46. The summed E-state index contributed by atoms with van der Waals surface area (Å²) in [4.78, 5) is 18.3. The van der Waals surface area contributed by atoms with E-state index in [0.717, 1.165) is 55.6 Å². The lowest BCUT2D eigenvalue weighted by Gasteiger charge is -2.36. The fourth-order valence-corrected chi connectivity index (χ4v) is 4.66. The van der Waals surface area contributed by atoms with Crippen molar-refractivity contribution in [1.29, 1.82) is 0 Å². The summed E-state index contributed by atoms with van der Waals surface area (Å²) in [5.74, 6) is 2.69. The summed E-state index contributed by atoms with van der Waals surface area (Å²) in [7, 11) is 0. The molecule has 0 aliphatic carbocycles. The molecule has 192 valence electrons. The number of hydrogen-bond acceptors (Lipinski definition) is 6. The Bertz CT molecular complexity index is 1310. The molecule has 0 spiro atoms. The van der Waals surface area contributed by atoms with Crippen LogP contribution >= 0.6 is 23.8 Å². The number of hydrogen-bond donors (Lipinski definition) is 2. The van der Waals surface area contributed by atoms with E-state index in [1.54, 1.807) is 6.07 Å². The Morgan fingerprint density at radius 3 is 2.46 bits per heavy atom. The number of benzene rings is 2. The van der Waals surface area contributed by atoms with Gasteiger partial charge in [0.1, 0.15) is 0 Å². The minimum atomic E-state index is 0.282. The van der Waals surface area contributed by atoms with Gasteiger partial charge in [-0.2, -0.15) is 4.99 Å². The second-order valence-corrected chi connectivity index (χ2v) is 9.69. The third-order valence-corrected chi connectivity index (χ3v) is 6.57. The molecule has 0 saturated carbocycles. The number of aryl methyl sites for hydroxylation is 2. The Morgan fingerprint density at radius 1 is 0.973 bits per heavy atom. The summed E-state index contributed by atoms with van der Waals surface area (Å²) < 4.78 is 11.0. The predicted molar refractivity (Wildman–Crippen MR) is 150 cm³/mol. The van der Waals surface area contributed by atoms with Gasteiger partial charge in [0, 0.05) is 44.1 Å². The number of fused-ring (bicyclic) bond motifs is 1. The molecule has 0 radical (unpaired) electrons. The number of aliphatic imine (C=N–C) groups is 1. The normalized spacial score (nSPS) is 15.5. The van der Waals surface area contributed by atoms with Crippen molar-refractivity contribution in [2.45, 2.75) is 20.4 Å². The number of ether oxygens (including phenoxy) is 2. The maximum absolute atomic E-state index is 6.29. The summed E-state index contributed by atoms with van der Waals surface area (Å²) in [5, 5.41) is 7.29. The number of guanidine groups is 1. The van der Waals surface area contributed by atoms with E-state index in [1.807, 2.05) is 44.2 Å². The highest BCUT2D eigenvalue weighted by Crippen LogP contribution is 2.33. The molecule has 37 heavy (non-hydrogen) atoms. The number of nitrogens with one attached hydrogen (secondary N) is 2. The summed E-state index contributed by atoms with van der Waals surface area (Å²) in [6, 6.07) is 15.5. The lowest BCUT2D eigenvalue weighted by molar-refractivity contribution is 0.172. The molecule has 3 aromatic rings. The maximum atomic E-state index is 6.29. The average Bonchev–Trinajstić information content (AvgIpc) is 3.33. The van der Waals surface area contributed by atoms with E-state index in [4.69, 9.17) is 38.3 Å². The van der Waals surface area contributed by atoms with E-state index < -0.39 is 0 Å². The minimum absolute atomic E-state index is 0.282. The topological polar surface area (TPSA) is 87.1 Å². The van der Waals surface area contributed by atoms with E-state index in [2.05, 4.69) is 42.5 Å². The van der Waals surface area contributed by atoms with Gasteiger partial charge in [-0.1, -0.05) is 29.8 Å². The van der Waals surface area contributed by atoms with Crippen molar-refractivity contribution in [2.75, 3.05) is 43.6 Å². The van der Waals surface area contributed by atoms with E-state index in [-0.39, 0.29) is 6.79 Å². The minimum Gasteiger partial charge on any atom is -0.454 e. The Kier molecular flexibility index (Phi) is 7.68.